The predicted octanol–water partition coefficient (Wildman–Crippen LogP) is 5.88. The van der Waals surface area contributed by atoms with Gasteiger partial charge < -0.3 is 14.6 Å². The van der Waals surface area contributed by atoms with Gasteiger partial charge >= 0.3 is 12.1 Å². The molecule has 0 spiro atoms. The molecule has 2 unspecified atom stereocenters. The summed E-state index contributed by atoms with van der Waals surface area (Å²) in [7, 11) is 1.76. The Labute approximate surface area is 220 Å². The number of nitrogens with zero attached hydrogens (tertiary/aromatic N) is 2. The Morgan fingerprint density at radius 2 is 1.55 bits per heavy atom. The Morgan fingerprint density at radius 3 is 2.13 bits per heavy atom. The zero-order chi connectivity index (χ0) is 26.6. The second-order valence-electron chi connectivity index (χ2n) is 9.43. The first-order chi connectivity index (χ1) is 18.4. The second-order valence-corrected chi connectivity index (χ2v) is 9.43. The van der Waals surface area contributed by atoms with Crippen molar-refractivity contribution < 1.29 is 24.2 Å². The molecule has 1 aliphatic heterocycles. The number of amides is 1. The summed E-state index contributed by atoms with van der Waals surface area (Å²) in [6.45, 7) is 2.79. The Balaban J connectivity index is 1.29. The van der Waals surface area contributed by atoms with Gasteiger partial charge in [0.25, 0.3) is 0 Å². The van der Waals surface area contributed by atoms with Crippen LogP contribution in [0.4, 0.5) is 10.6 Å². The average Bonchev–Trinajstić information content (AvgIpc) is 3.26. The van der Waals surface area contributed by atoms with E-state index in [2.05, 4.69) is 10.4 Å². The Hall–Kier alpha value is -4.43. The number of carboxylic acids is 1. The summed E-state index contributed by atoms with van der Waals surface area (Å²) in [6, 6.07) is 25.1. The number of ether oxygens (including phenoxy) is 2. The molecule has 1 aliphatic rings. The van der Waals surface area contributed by atoms with Crippen LogP contribution in [-0.4, -0.2) is 40.2 Å². The van der Waals surface area contributed by atoms with E-state index in [0.717, 1.165) is 33.4 Å². The van der Waals surface area contributed by atoms with Crippen LogP contribution in [0.5, 0.6) is 0 Å². The fraction of sp³-hybridized carbons (Fsp3) is 0.233. The van der Waals surface area contributed by atoms with Crippen LogP contribution >= 0.6 is 0 Å². The van der Waals surface area contributed by atoms with Crippen molar-refractivity contribution in [2.45, 2.75) is 18.9 Å². The Morgan fingerprint density at radius 1 is 0.947 bits per heavy atom. The zero-order valence-corrected chi connectivity index (χ0v) is 21.2. The summed E-state index contributed by atoms with van der Waals surface area (Å²) in [5.41, 5.74) is 5.33. The number of aromatic nitrogens is 2. The fourth-order valence-corrected chi connectivity index (χ4v) is 4.66. The molecule has 1 saturated heterocycles. The lowest BCUT2D eigenvalue weighted by molar-refractivity contribution is -0.146. The predicted molar refractivity (Wildman–Crippen MR) is 144 cm³/mol. The van der Waals surface area contributed by atoms with Gasteiger partial charge in [0.05, 0.1) is 25.3 Å². The molecule has 0 bridgehead atoms. The lowest BCUT2D eigenvalue weighted by Gasteiger charge is -2.31. The van der Waals surface area contributed by atoms with Gasteiger partial charge in [0.1, 0.15) is 11.9 Å². The van der Waals surface area contributed by atoms with E-state index in [1.54, 1.807) is 17.9 Å². The molecule has 0 aliphatic carbocycles. The highest BCUT2D eigenvalue weighted by Crippen LogP contribution is 2.33. The molecule has 1 amide bonds. The molecule has 0 radical (unpaired) electrons. The maximum atomic E-state index is 12.6. The van der Waals surface area contributed by atoms with Crippen molar-refractivity contribution in [3.05, 3.63) is 96.2 Å². The number of hydrogen-bond donors (Lipinski definition) is 2. The summed E-state index contributed by atoms with van der Waals surface area (Å²) in [5, 5.41) is 16.8. The molecule has 4 aromatic rings. The minimum atomic E-state index is -0.824. The molecule has 2 N–H and O–H groups in total. The number of nitrogens with one attached hydrogen (secondary N) is 1. The minimum absolute atomic E-state index is 0.0127. The van der Waals surface area contributed by atoms with Gasteiger partial charge in [-0.25, -0.2) is 4.79 Å². The summed E-state index contributed by atoms with van der Waals surface area (Å²) in [5.74, 6) is -0.834. The third-order valence-electron chi connectivity index (χ3n) is 6.91. The standard InChI is InChI=1S/C30H29N3O5/c1-19(20-6-4-3-5-7-20)38-30(36)32-28-26(16-31-33(28)2)23-12-8-21(9-13-23)22-10-14-24(15-11-22)27(29(34)35)25-17-37-18-25/h3-16,19,25,27H,17-18H2,1-2H3,(H,32,36)(H,34,35). The number of carbonyl (C=O) groups is 2. The maximum absolute atomic E-state index is 12.6. The molecular formula is C30H29N3O5. The first-order valence-corrected chi connectivity index (χ1v) is 12.5. The van der Waals surface area contributed by atoms with E-state index in [1.165, 1.54) is 0 Å². The summed E-state index contributed by atoms with van der Waals surface area (Å²) < 4.78 is 12.4. The van der Waals surface area contributed by atoms with Crippen LogP contribution < -0.4 is 5.32 Å². The number of carbonyl (C=O) groups excluding carboxylic acids is 1. The number of hydrogen-bond acceptors (Lipinski definition) is 5. The first-order valence-electron chi connectivity index (χ1n) is 12.5. The van der Waals surface area contributed by atoms with Crippen LogP contribution in [0.3, 0.4) is 0 Å². The SMILES string of the molecule is CC(OC(=O)Nc1c(-c2ccc(-c3ccc(C(C(=O)O)C4COC4)cc3)cc2)cnn1C)c1ccccc1. The van der Waals surface area contributed by atoms with Crippen molar-refractivity contribution in [2.24, 2.45) is 13.0 Å². The highest BCUT2D eigenvalue weighted by Gasteiger charge is 2.34. The van der Waals surface area contributed by atoms with E-state index >= 15 is 0 Å². The lowest BCUT2D eigenvalue weighted by Crippen LogP contribution is -2.36. The van der Waals surface area contributed by atoms with E-state index in [4.69, 9.17) is 9.47 Å². The Bertz CT molecular complexity index is 1410. The molecule has 2 heterocycles. The van der Waals surface area contributed by atoms with Gasteiger partial charge in [-0.15, -0.1) is 0 Å². The molecule has 38 heavy (non-hydrogen) atoms. The monoisotopic (exact) mass is 511 g/mol. The molecule has 194 valence electrons. The number of anilines is 1. The molecule has 3 aromatic carbocycles. The number of benzene rings is 3. The van der Waals surface area contributed by atoms with Crippen LogP contribution in [0.15, 0.2) is 85.1 Å². The van der Waals surface area contributed by atoms with Gasteiger partial charge in [-0.1, -0.05) is 78.9 Å². The molecule has 2 atom stereocenters. The molecule has 8 nitrogen and oxygen atoms in total. The van der Waals surface area contributed by atoms with Gasteiger partial charge in [-0.2, -0.15) is 5.10 Å². The topological polar surface area (TPSA) is 103 Å². The van der Waals surface area contributed by atoms with Crippen molar-refractivity contribution >= 4 is 17.9 Å². The third-order valence-corrected chi connectivity index (χ3v) is 6.91. The Kier molecular flexibility index (Phi) is 7.24. The van der Waals surface area contributed by atoms with Crippen LogP contribution in [0.25, 0.3) is 22.3 Å². The molecule has 1 fully saturated rings. The molecule has 1 aromatic heterocycles. The smallest absolute Gasteiger partial charge is 0.413 e. The average molecular weight is 512 g/mol. The van der Waals surface area contributed by atoms with E-state index < -0.39 is 24.1 Å². The van der Waals surface area contributed by atoms with E-state index in [1.807, 2.05) is 85.8 Å². The van der Waals surface area contributed by atoms with E-state index in [9.17, 15) is 14.7 Å². The largest absolute Gasteiger partial charge is 0.481 e. The summed E-state index contributed by atoms with van der Waals surface area (Å²) in [4.78, 5) is 24.4. The summed E-state index contributed by atoms with van der Waals surface area (Å²) in [6.07, 6.45) is 0.749. The van der Waals surface area contributed by atoms with Gasteiger partial charge in [-0.3, -0.25) is 14.8 Å². The number of aryl methyl sites for hydroxylation is 1. The molecular weight excluding hydrogens is 482 g/mol. The van der Waals surface area contributed by atoms with Crippen molar-refractivity contribution in [1.29, 1.82) is 0 Å². The van der Waals surface area contributed by atoms with Crippen molar-refractivity contribution in [3.63, 3.8) is 0 Å². The molecule has 8 heteroatoms. The van der Waals surface area contributed by atoms with Gasteiger partial charge in [0.15, 0.2) is 0 Å². The van der Waals surface area contributed by atoms with Crippen LogP contribution in [0.1, 0.15) is 30.1 Å². The van der Waals surface area contributed by atoms with Gasteiger partial charge in [-0.05, 0) is 34.7 Å². The third kappa shape index (κ3) is 5.31. The second kappa shape index (κ2) is 10.9. The molecule has 0 saturated carbocycles. The van der Waals surface area contributed by atoms with Gasteiger partial charge in [0, 0.05) is 18.5 Å². The highest BCUT2D eigenvalue weighted by molar-refractivity contribution is 5.90. The van der Waals surface area contributed by atoms with Crippen LogP contribution in [-0.2, 0) is 21.3 Å². The number of aliphatic carboxylic acids is 1. The van der Waals surface area contributed by atoms with Gasteiger partial charge in [0.2, 0.25) is 0 Å². The number of rotatable bonds is 8. The highest BCUT2D eigenvalue weighted by atomic mass is 16.6. The minimum Gasteiger partial charge on any atom is -0.481 e. The van der Waals surface area contributed by atoms with Crippen LogP contribution in [0.2, 0.25) is 0 Å². The van der Waals surface area contributed by atoms with E-state index in [0.29, 0.717) is 19.0 Å². The van der Waals surface area contributed by atoms with E-state index in [-0.39, 0.29) is 5.92 Å². The number of carboxylic acid groups (broad SMARTS) is 1. The zero-order valence-electron chi connectivity index (χ0n) is 21.2. The first kappa shape index (κ1) is 25.2. The van der Waals surface area contributed by atoms with Crippen molar-refractivity contribution in [3.8, 4) is 22.3 Å². The summed E-state index contributed by atoms with van der Waals surface area (Å²) >= 11 is 0. The lowest BCUT2D eigenvalue weighted by atomic mass is 9.84. The quantitative estimate of drug-likeness (QED) is 0.306. The van der Waals surface area contributed by atoms with Crippen molar-refractivity contribution in [1.82, 2.24) is 9.78 Å². The van der Waals surface area contributed by atoms with Crippen molar-refractivity contribution in [2.75, 3.05) is 18.5 Å². The maximum Gasteiger partial charge on any atom is 0.413 e. The van der Waals surface area contributed by atoms with Crippen LogP contribution in [0, 0.1) is 5.92 Å². The normalized spacial score (nSPS) is 14.8. The molecule has 5 rings (SSSR count). The fourth-order valence-electron chi connectivity index (χ4n) is 4.66.